The zero-order valence-electron chi connectivity index (χ0n) is 15.3. The lowest BCUT2D eigenvalue weighted by molar-refractivity contribution is -0.116. The lowest BCUT2D eigenvalue weighted by Crippen LogP contribution is -2.28. The molecule has 1 N–H and O–H groups in total. The maximum Gasteiger partial charge on any atom is 0.340 e. The molecule has 0 bridgehead atoms. The van der Waals surface area contributed by atoms with Crippen LogP contribution < -0.4 is 10.9 Å². The van der Waals surface area contributed by atoms with Gasteiger partial charge < -0.3 is 10.1 Å². The number of nitrogens with zero attached hydrogens (tertiary/aromatic N) is 2. The molecule has 0 spiro atoms. The zero-order chi connectivity index (χ0) is 19.9. The molecule has 0 aliphatic carbocycles. The minimum atomic E-state index is -0.524. The second kappa shape index (κ2) is 8.77. The summed E-state index contributed by atoms with van der Waals surface area (Å²) >= 11 is 0. The van der Waals surface area contributed by atoms with Crippen molar-refractivity contribution in [3.05, 3.63) is 82.9 Å². The Morgan fingerprint density at radius 2 is 1.79 bits per heavy atom. The van der Waals surface area contributed by atoms with Crippen molar-refractivity contribution in [2.24, 2.45) is 0 Å². The number of esters is 1. The van der Waals surface area contributed by atoms with Crippen LogP contribution in [0.3, 0.4) is 0 Å². The van der Waals surface area contributed by atoms with Crippen LogP contribution in [-0.4, -0.2) is 28.0 Å². The highest BCUT2D eigenvalue weighted by Crippen LogP contribution is 2.16. The topological polar surface area (TPSA) is 90.3 Å². The van der Waals surface area contributed by atoms with Crippen molar-refractivity contribution in [1.82, 2.24) is 9.55 Å². The summed E-state index contributed by atoms with van der Waals surface area (Å²) in [5.74, 6) is -0.974. The van der Waals surface area contributed by atoms with Crippen LogP contribution in [0.4, 0.5) is 5.69 Å². The van der Waals surface area contributed by atoms with Gasteiger partial charge in [0.15, 0.2) is 0 Å². The average Bonchev–Trinajstić information content (AvgIpc) is 2.71. The van der Waals surface area contributed by atoms with Crippen LogP contribution in [0.1, 0.15) is 17.3 Å². The quantitative estimate of drug-likeness (QED) is 0.667. The van der Waals surface area contributed by atoms with Gasteiger partial charge in [-0.05, 0) is 19.1 Å². The molecular formula is C21H19N3O4. The summed E-state index contributed by atoms with van der Waals surface area (Å²) in [5.41, 5.74) is 1.59. The largest absolute Gasteiger partial charge is 0.462 e. The number of anilines is 1. The van der Waals surface area contributed by atoms with Crippen molar-refractivity contribution in [2.45, 2.75) is 13.5 Å². The molecule has 7 heteroatoms. The van der Waals surface area contributed by atoms with Crippen LogP contribution in [-0.2, 0) is 16.1 Å². The van der Waals surface area contributed by atoms with Crippen molar-refractivity contribution >= 4 is 17.6 Å². The summed E-state index contributed by atoms with van der Waals surface area (Å²) in [6, 6.07) is 17.2. The first-order chi connectivity index (χ1) is 13.6. The van der Waals surface area contributed by atoms with E-state index in [2.05, 4.69) is 10.3 Å². The SMILES string of the molecule is CCOC(=O)c1ccccc1NC(=O)Cn1cnc(-c2ccccc2)cc1=O. The number of aromatic nitrogens is 2. The van der Waals surface area contributed by atoms with E-state index in [1.165, 1.54) is 17.0 Å². The summed E-state index contributed by atoms with van der Waals surface area (Å²) in [6.07, 6.45) is 1.33. The van der Waals surface area contributed by atoms with E-state index in [-0.39, 0.29) is 24.3 Å². The van der Waals surface area contributed by atoms with E-state index in [0.717, 1.165) is 5.56 Å². The number of para-hydroxylation sites is 1. The van der Waals surface area contributed by atoms with E-state index < -0.39 is 11.9 Å². The van der Waals surface area contributed by atoms with Crippen molar-refractivity contribution in [3.63, 3.8) is 0 Å². The highest BCUT2D eigenvalue weighted by molar-refractivity contribution is 6.01. The summed E-state index contributed by atoms with van der Waals surface area (Å²) in [7, 11) is 0. The fraction of sp³-hybridized carbons (Fsp3) is 0.143. The summed E-state index contributed by atoms with van der Waals surface area (Å²) in [5, 5.41) is 2.64. The number of benzene rings is 2. The van der Waals surface area contributed by atoms with Crippen molar-refractivity contribution in [3.8, 4) is 11.3 Å². The number of rotatable bonds is 6. The third-order valence-electron chi connectivity index (χ3n) is 3.96. The molecule has 0 aliphatic rings. The van der Waals surface area contributed by atoms with Gasteiger partial charge in [-0.1, -0.05) is 42.5 Å². The maximum atomic E-state index is 12.4. The van der Waals surface area contributed by atoms with E-state index in [1.54, 1.807) is 31.2 Å². The minimum absolute atomic E-state index is 0.224. The number of hydrogen-bond acceptors (Lipinski definition) is 5. The molecule has 1 heterocycles. The van der Waals surface area contributed by atoms with Gasteiger partial charge in [-0.15, -0.1) is 0 Å². The first kappa shape index (κ1) is 19.0. The number of nitrogens with one attached hydrogen (secondary N) is 1. The molecule has 0 saturated carbocycles. The maximum absolute atomic E-state index is 12.4. The second-order valence-electron chi connectivity index (χ2n) is 5.92. The second-order valence-corrected chi connectivity index (χ2v) is 5.92. The van der Waals surface area contributed by atoms with Crippen LogP contribution in [0.25, 0.3) is 11.3 Å². The first-order valence-corrected chi connectivity index (χ1v) is 8.76. The number of ether oxygens (including phenoxy) is 1. The number of amides is 1. The Labute approximate surface area is 161 Å². The molecule has 28 heavy (non-hydrogen) atoms. The van der Waals surface area contributed by atoms with E-state index in [9.17, 15) is 14.4 Å². The van der Waals surface area contributed by atoms with Crippen LogP contribution in [0, 0.1) is 0 Å². The fourth-order valence-corrected chi connectivity index (χ4v) is 2.63. The lowest BCUT2D eigenvalue weighted by Gasteiger charge is -2.11. The van der Waals surface area contributed by atoms with Gasteiger partial charge in [-0.25, -0.2) is 9.78 Å². The fourth-order valence-electron chi connectivity index (χ4n) is 2.63. The third kappa shape index (κ3) is 4.50. The smallest absolute Gasteiger partial charge is 0.340 e. The van der Waals surface area contributed by atoms with Crippen LogP contribution >= 0.6 is 0 Å². The predicted octanol–water partition coefficient (Wildman–Crippen LogP) is 2.73. The molecule has 0 aliphatic heterocycles. The minimum Gasteiger partial charge on any atom is -0.462 e. The monoisotopic (exact) mass is 377 g/mol. The number of carbonyl (C=O) groups is 2. The predicted molar refractivity (Wildman–Crippen MR) is 105 cm³/mol. The average molecular weight is 377 g/mol. The highest BCUT2D eigenvalue weighted by Gasteiger charge is 2.14. The van der Waals surface area contributed by atoms with Gasteiger partial charge >= 0.3 is 5.97 Å². The lowest BCUT2D eigenvalue weighted by atomic mass is 10.1. The van der Waals surface area contributed by atoms with E-state index >= 15 is 0 Å². The molecule has 0 fully saturated rings. The van der Waals surface area contributed by atoms with Crippen LogP contribution in [0.2, 0.25) is 0 Å². The van der Waals surface area contributed by atoms with Crippen LogP contribution in [0.5, 0.6) is 0 Å². The Hall–Kier alpha value is -3.74. The number of hydrogen-bond donors (Lipinski definition) is 1. The molecule has 0 radical (unpaired) electrons. The van der Waals surface area contributed by atoms with Crippen molar-refractivity contribution in [2.75, 3.05) is 11.9 Å². The third-order valence-corrected chi connectivity index (χ3v) is 3.96. The Kier molecular flexibility index (Phi) is 5.96. The summed E-state index contributed by atoms with van der Waals surface area (Å²) in [4.78, 5) is 40.9. The Morgan fingerprint density at radius 3 is 2.50 bits per heavy atom. The Morgan fingerprint density at radius 1 is 1.07 bits per heavy atom. The molecule has 0 saturated heterocycles. The normalized spacial score (nSPS) is 10.3. The molecule has 1 amide bonds. The Bertz CT molecular complexity index is 1040. The van der Waals surface area contributed by atoms with Crippen molar-refractivity contribution in [1.29, 1.82) is 0 Å². The van der Waals surface area contributed by atoms with Gasteiger partial charge in [0.1, 0.15) is 6.54 Å². The molecule has 142 valence electrons. The molecule has 1 aromatic heterocycles. The van der Waals surface area contributed by atoms with Crippen molar-refractivity contribution < 1.29 is 14.3 Å². The molecule has 3 rings (SSSR count). The van der Waals surface area contributed by atoms with Gasteiger partial charge in [0, 0.05) is 11.6 Å². The summed E-state index contributed by atoms with van der Waals surface area (Å²) in [6.45, 7) is 1.71. The highest BCUT2D eigenvalue weighted by atomic mass is 16.5. The first-order valence-electron chi connectivity index (χ1n) is 8.76. The van der Waals surface area contributed by atoms with Gasteiger partial charge in [-0.2, -0.15) is 0 Å². The Balaban J connectivity index is 1.74. The van der Waals surface area contributed by atoms with E-state index in [4.69, 9.17) is 4.74 Å². The molecule has 0 unspecified atom stereocenters. The van der Waals surface area contributed by atoms with Gasteiger partial charge in [-0.3, -0.25) is 14.2 Å². The molecular weight excluding hydrogens is 358 g/mol. The van der Waals surface area contributed by atoms with Gasteiger partial charge in [0.25, 0.3) is 5.56 Å². The molecule has 2 aromatic carbocycles. The van der Waals surface area contributed by atoms with Crippen LogP contribution in [0.15, 0.2) is 71.8 Å². The molecule has 7 nitrogen and oxygen atoms in total. The van der Waals surface area contributed by atoms with E-state index in [1.807, 2.05) is 30.3 Å². The van der Waals surface area contributed by atoms with Gasteiger partial charge in [0.2, 0.25) is 5.91 Å². The molecule has 3 aromatic rings. The molecule has 0 atom stereocenters. The zero-order valence-corrected chi connectivity index (χ0v) is 15.3. The summed E-state index contributed by atoms with van der Waals surface area (Å²) < 4.78 is 6.19. The number of carbonyl (C=O) groups excluding carboxylic acids is 2. The standard InChI is InChI=1S/C21H19N3O4/c1-2-28-21(27)16-10-6-7-11-17(16)23-19(25)13-24-14-22-18(12-20(24)26)15-8-4-3-5-9-15/h3-12,14H,2,13H2,1H3,(H,23,25). The van der Waals surface area contributed by atoms with E-state index in [0.29, 0.717) is 11.4 Å². The van der Waals surface area contributed by atoms with Gasteiger partial charge in [0.05, 0.1) is 29.9 Å².